The number of aliphatic hydroxyl groups is 1. The van der Waals surface area contributed by atoms with Crippen LogP contribution in [0.5, 0.6) is 0 Å². The zero-order valence-electron chi connectivity index (χ0n) is 8.18. The third kappa shape index (κ3) is 1.94. The highest BCUT2D eigenvalue weighted by molar-refractivity contribution is 5.74. The van der Waals surface area contributed by atoms with Gasteiger partial charge in [-0.1, -0.05) is 18.2 Å². The van der Waals surface area contributed by atoms with E-state index in [1.807, 2.05) is 24.3 Å². The first-order chi connectivity index (χ1) is 7.18. The molecule has 1 aliphatic rings. The molecule has 1 aromatic carbocycles. The lowest BCUT2D eigenvalue weighted by Gasteiger charge is -2.28. The highest BCUT2D eigenvalue weighted by Crippen LogP contribution is 2.25. The maximum Gasteiger partial charge on any atom is 0.334 e. The molecule has 0 aromatic heterocycles. The molecule has 80 valence electrons. The Morgan fingerprint density at radius 1 is 1.47 bits per heavy atom. The van der Waals surface area contributed by atoms with Gasteiger partial charge in [-0.3, -0.25) is 0 Å². The molecule has 0 saturated heterocycles. The van der Waals surface area contributed by atoms with Crippen LogP contribution in [-0.2, 0) is 11.2 Å². The molecular formula is C11H13NO3. The summed E-state index contributed by atoms with van der Waals surface area (Å²) in [6.45, 7) is 0. The Hall–Kier alpha value is -1.55. The fourth-order valence-electron chi connectivity index (χ4n) is 1.87. The van der Waals surface area contributed by atoms with E-state index in [0.29, 0.717) is 6.42 Å². The second-order valence-corrected chi connectivity index (χ2v) is 3.73. The average Bonchev–Trinajstić information content (AvgIpc) is 2.27. The number of hydrogen-bond donors (Lipinski definition) is 3. The van der Waals surface area contributed by atoms with Gasteiger partial charge in [0.05, 0.1) is 6.04 Å². The monoisotopic (exact) mass is 207 g/mol. The van der Waals surface area contributed by atoms with Crippen LogP contribution in [0.15, 0.2) is 24.3 Å². The summed E-state index contributed by atoms with van der Waals surface area (Å²) in [5.74, 6) is -1.17. The molecule has 0 saturated carbocycles. The molecule has 1 heterocycles. The van der Waals surface area contributed by atoms with Gasteiger partial charge in [0.25, 0.3) is 0 Å². The van der Waals surface area contributed by atoms with Crippen molar-refractivity contribution in [2.45, 2.75) is 25.0 Å². The molecule has 0 spiro atoms. The van der Waals surface area contributed by atoms with Crippen LogP contribution in [0.25, 0.3) is 0 Å². The van der Waals surface area contributed by atoms with Gasteiger partial charge in [-0.25, -0.2) is 4.79 Å². The van der Waals surface area contributed by atoms with Gasteiger partial charge in [-0.15, -0.1) is 0 Å². The molecular weight excluding hydrogens is 194 g/mol. The van der Waals surface area contributed by atoms with E-state index in [1.54, 1.807) is 0 Å². The third-order valence-corrected chi connectivity index (χ3v) is 2.72. The van der Waals surface area contributed by atoms with Crippen molar-refractivity contribution in [3.63, 3.8) is 0 Å². The number of carboxylic acid groups (broad SMARTS) is 1. The summed E-state index contributed by atoms with van der Waals surface area (Å²) in [7, 11) is 0. The highest BCUT2D eigenvalue weighted by Gasteiger charge is 2.28. The Bertz CT molecular complexity index is 378. The summed E-state index contributed by atoms with van der Waals surface area (Å²) in [5, 5.41) is 21.2. The standard InChI is InChI=1S/C11H13NO3/c13-10(11(14)15)9-6-5-7-3-1-2-4-8(7)12-9/h1-4,9-10,12-13H,5-6H2,(H,14,15). The number of carbonyl (C=O) groups is 1. The first-order valence-electron chi connectivity index (χ1n) is 4.94. The van der Waals surface area contributed by atoms with E-state index < -0.39 is 18.1 Å². The number of aliphatic carboxylic acids is 1. The van der Waals surface area contributed by atoms with Crippen LogP contribution in [0.4, 0.5) is 5.69 Å². The normalized spacial score (nSPS) is 21.3. The lowest BCUT2D eigenvalue weighted by molar-refractivity contribution is -0.147. The molecule has 0 bridgehead atoms. The number of aryl methyl sites for hydroxylation is 1. The molecule has 2 rings (SSSR count). The number of para-hydroxylation sites is 1. The largest absolute Gasteiger partial charge is 0.479 e. The molecule has 1 aliphatic heterocycles. The van der Waals surface area contributed by atoms with E-state index in [2.05, 4.69) is 5.32 Å². The lowest BCUT2D eigenvalue weighted by atomic mass is 9.95. The summed E-state index contributed by atoms with van der Waals surface area (Å²) in [6, 6.07) is 7.36. The molecule has 4 heteroatoms. The topological polar surface area (TPSA) is 69.6 Å². The predicted octanol–water partition coefficient (Wildman–Crippen LogP) is 0.859. The molecule has 0 radical (unpaired) electrons. The Balaban J connectivity index is 2.15. The molecule has 2 atom stereocenters. The van der Waals surface area contributed by atoms with Gasteiger partial charge < -0.3 is 15.5 Å². The molecule has 3 N–H and O–H groups in total. The van der Waals surface area contributed by atoms with Crippen molar-refractivity contribution in [3.05, 3.63) is 29.8 Å². The van der Waals surface area contributed by atoms with Crippen molar-refractivity contribution in [3.8, 4) is 0 Å². The van der Waals surface area contributed by atoms with Crippen molar-refractivity contribution >= 4 is 11.7 Å². The first kappa shape index (κ1) is 9.98. The number of rotatable bonds is 2. The van der Waals surface area contributed by atoms with Crippen LogP contribution in [0, 0.1) is 0 Å². The van der Waals surface area contributed by atoms with E-state index in [1.165, 1.54) is 5.56 Å². The average molecular weight is 207 g/mol. The van der Waals surface area contributed by atoms with Gasteiger partial charge in [-0.2, -0.15) is 0 Å². The number of fused-ring (bicyclic) bond motifs is 1. The minimum absolute atomic E-state index is 0.391. The number of hydrogen-bond acceptors (Lipinski definition) is 3. The molecule has 0 fully saturated rings. The van der Waals surface area contributed by atoms with Crippen molar-refractivity contribution in [2.24, 2.45) is 0 Å². The van der Waals surface area contributed by atoms with Crippen LogP contribution in [0.1, 0.15) is 12.0 Å². The summed E-state index contributed by atoms with van der Waals surface area (Å²) in [5.41, 5.74) is 2.10. The highest BCUT2D eigenvalue weighted by atomic mass is 16.4. The predicted molar refractivity (Wildman–Crippen MR) is 55.8 cm³/mol. The Kier molecular flexibility index (Phi) is 2.60. The zero-order valence-corrected chi connectivity index (χ0v) is 8.18. The molecule has 4 nitrogen and oxygen atoms in total. The Morgan fingerprint density at radius 3 is 2.93 bits per heavy atom. The Labute approximate surface area is 87.6 Å². The third-order valence-electron chi connectivity index (χ3n) is 2.72. The second-order valence-electron chi connectivity index (χ2n) is 3.73. The summed E-state index contributed by atoms with van der Waals surface area (Å²) in [4.78, 5) is 10.6. The SMILES string of the molecule is O=C(O)C(O)C1CCc2ccccc2N1. The van der Waals surface area contributed by atoms with Crippen LogP contribution < -0.4 is 5.32 Å². The van der Waals surface area contributed by atoms with E-state index in [9.17, 15) is 9.90 Å². The molecule has 15 heavy (non-hydrogen) atoms. The minimum atomic E-state index is -1.33. The van der Waals surface area contributed by atoms with Crippen molar-refractivity contribution in [1.29, 1.82) is 0 Å². The molecule has 1 aromatic rings. The molecule has 0 aliphatic carbocycles. The fourth-order valence-corrected chi connectivity index (χ4v) is 1.87. The molecule has 0 amide bonds. The number of aliphatic hydroxyl groups excluding tert-OH is 1. The van der Waals surface area contributed by atoms with Crippen LogP contribution in [0.3, 0.4) is 0 Å². The summed E-state index contributed by atoms with van der Waals surface area (Å²) in [6.07, 6.45) is 0.112. The fraction of sp³-hybridized carbons (Fsp3) is 0.364. The van der Waals surface area contributed by atoms with E-state index in [4.69, 9.17) is 5.11 Å². The lowest BCUT2D eigenvalue weighted by Crippen LogP contribution is -2.41. The number of carboxylic acids is 1. The van der Waals surface area contributed by atoms with Crippen molar-refractivity contribution in [1.82, 2.24) is 0 Å². The second kappa shape index (κ2) is 3.90. The number of anilines is 1. The molecule has 2 unspecified atom stereocenters. The van der Waals surface area contributed by atoms with Crippen LogP contribution in [0.2, 0.25) is 0 Å². The smallest absolute Gasteiger partial charge is 0.334 e. The van der Waals surface area contributed by atoms with Gasteiger partial charge in [-0.05, 0) is 24.5 Å². The minimum Gasteiger partial charge on any atom is -0.479 e. The summed E-state index contributed by atoms with van der Waals surface area (Å²) >= 11 is 0. The number of benzene rings is 1. The first-order valence-corrected chi connectivity index (χ1v) is 4.94. The van der Waals surface area contributed by atoms with Gasteiger partial charge in [0.1, 0.15) is 0 Å². The van der Waals surface area contributed by atoms with Crippen LogP contribution >= 0.6 is 0 Å². The quantitative estimate of drug-likeness (QED) is 0.672. The van der Waals surface area contributed by atoms with Gasteiger partial charge in [0.15, 0.2) is 6.10 Å². The maximum atomic E-state index is 10.6. The van der Waals surface area contributed by atoms with Crippen molar-refractivity contribution in [2.75, 3.05) is 5.32 Å². The van der Waals surface area contributed by atoms with Gasteiger partial charge >= 0.3 is 5.97 Å². The van der Waals surface area contributed by atoms with Gasteiger partial charge in [0, 0.05) is 5.69 Å². The summed E-state index contributed by atoms with van der Waals surface area (Å²) < 4.78 is 0. The maximum absolute atomic E-state index is 10.6. The van der Waals surface area contributed by atoms with E-state index in [0.717, 1.165) is 12.1 Å². The number of nitrogens with one attached hydrogen (secondary N) is 1. The van der Waals surface area contributed by atoms with E-state index >= 15 is 0 Å². The Morgan fingerprint density at radius 2 is 2.20 bits per heavy atom. The van der Waals surface area contributed by atoms with Crippen molar-refractivity contribution < 1.29 is 15.0 Å². The van der Waals surface area contributed by atoms with Gasteiger partial charge in [0.2, 0.25) is 0 Å². The van der Waals surface area contributed by atoms with Crippen LogP contribution in [-0.4, -0.2) is 28.3 Å². The zero-order chi connectivity index (χ0) is 10.8. The van der Waals surface area contributed by atoms with E-state index in [-0.39, 0.29) is 0 Å².